The van der Waals surface area contributed by atoms with E-state index >= 15 is 0 Å². The third-order valence-electron chi connectivity index (χ3n) is 7.70. The Morgan fingerprint density at radius 1 is 0.949 bits per heavy atom. The van der Waals surface area contributed by atoms with Crippen LogP contribution in [0.2, 0.25) is 5.02 Å². The molecule has 2 heterocycles. The Balaban J connectivity index is 1.46. The molecule has 0 bridgehead atoms. The van der Waals surface area contributed by atoms with Crippen molar-refractivity contribution in [1.29, 1.82) is 0 Å². The number of halogens is 1. The van der Waals surface area contributed by atoms with Crippen LogP contribution in [-0.4, -0.2) is 47.2 Å². The van der Waals surface area contributed by atoms with Crippen molar-refractivity contribution < 1.29 is 19.2 Å². The van der Waals surface area contributed by atoms with Crippen LogP contribution in [0, 0.1) is 5.92 Å². The van der Waals surface area contributed by atoms with Crippen molar-refractivity contribution >= 4 is 29.3 Å². The Hall–Kier alpha value is -3.68. The van der Waals surface area contributed by atoms with E-state index in [2.05, 4.69) is 5.48 Å². The van der Waals surface area contributed by atoms with Crippen LogP contribution in [0.15, 0.2) is 78.9 Å². The molecule has 1 N–H and O–H groups in total. The van der Waals surface area contributed by atoms with Gasteiger partial charge in [0.05, 0.1) is 18.6 Å². The Morgan fingerprint density at radius 2 is 1.62 bits per heavy atom. The van der Waals surface area contributed by atoms with Gasteiger partial charge in [0.15, 0.2) is 0 Å². The van der Waals surface area contributed by atoms with Crippen LogP contribution < -0.4 is 5.48 Å². The summed E-state index contributed by atoms with van der Waals surface area (Å²) in [4.78, 5) is 48.9. The number of nitrogens with zero attached hydrogens (tertiary/aromatic N) is 2. The Kier molecular flexibility index (Phi) is 8.29. The summed E-state index contributed by atoms with van der Waals surface area (Å²) in [5, 5.41) is 0.580. The number of hydrogen-bond donors (Lipinski definition) is 1. The molecule has 1 saturated heterocycles. The molecule has 39 heavy (non-hydrogen) atoms. The van der Waals surface area contributed by atoms with Gasteiger partial charge in [-0.2, -0.15) is 0 Å². The Morgan fingerprint density at radius 3 is 2.31 bits per heavy atom. The monoisotopic (exact) mass is 545 g/mol. The maximum absolute atomic E-state index is 14.0. The summed E-state index contributed by atoms with van der Waals surface area (Å²) in [6.45, 7) is 3.64. The van der Waals surface area contributed by atoms with Gasteiger partial charge < -0.3 is 9.80 Å². The van der Waals surface area contributed by atoms with Gasteiger partial charge in [-0.05, 0) is 53.6 Å². The first-order chi connectivity index (χ1) is 18.9. The first-order valence-electron chi connectivity index (χ1n) is 13.3. The molecule has 5 rings (SSSR count). The van der Waals surface area contributed by atoms with Crippen LogP contribution >= 0.6 is 11.6 Å². The van der Waals surface area contributed by atoms with E-state index in [9.17, 15) is 14.4 Å². The first-order valence-corrected chi connectivity index (χ1v) is 13.7. The molecule has 7 nitrogen and oxygen atoms in total. The highest BCUT2D eigenvalue weighted by Gasteiger charge is 2.45. The molecule has 0 aliphatic carbocycles. The number of amides is 3. The molecular weight excluding hydrogens is 514 g/mol. The van der Waals surface area contributed by atoms with Crippen LogP contribution in [0.5, 0.6) is 0 Å². The Labute approximate surface area is 233 Å². The lowest BCUT2D eigenvalue weighted by Crippen LogP contribution is -2.50. The summed E-state index contributed by atoms with van der Waals surface area (Å²) in [6, 6.07) is 23.7. The zero-order chi connectivity index (χ0) is 27.4. The van der Waals surface area contributed by atoms with E-state index in [0.29, 0.717) is 35.8 Å². The zero-order valence-electron chi connectivity index (χ0n) is 21.9. The molecule has 0 unspecified atom stereocenters. The second kappa shape index (κ2) is 12.0. The van der Waals surface area contributed by atoms with E-state index in [4.69, 9.17) is 16.4 Å². The lowest BCUT2D eigenvalue weighted by molar-refractivity contribution is -0.138. The highest BCUT2D eigenvalue weighted by molar-refractivity contribution is 6.30. The van der Waals surface area contributed by atoms with Crippen molar-refractivity contribution in [2.75, 3.05) is 19.6 Å². The molecule has 8 heteroatoms. The summed E-state index contributed by atoms with van der Waals surface area (Å²) in [7, 11) is 0. The molecule has 0 radical (unpaired) electrons. The number of benzene rings is 3. The largest absolute Gasteiger partial charge is 0.343 e. The molecule has 0 aromatic heterocycles. The second-order valence-electron chi connectivity index (χ2n) is 10.2. The predicted octanol–water partition coefficient (Wildman–Crippen LogP) is 5.13. The van der Waals surface area contributed by atoms with Crippen molar-refractivity contribution in [3.63, 3.8) is 0 Å². The quantitative estimate of drug-likeness (QED) is 0.418. The van der Waals surface area contributed by atoms with Gasteiger partial charge >= 0.3 is 0 Å². The number of rotatable bonds is 7. The lowest BCUT2D eigenvalue weighted by atomic mass is 9.78. The molecule has 2 aliphatic heterocycles. The third kappa shape index (κ3) is 6.00. The first kappa shape index (κ1) is 26.9. The van der Waals surface area contributed by atoms with Crippen molar-refractivity contribution in [2.45, 2.75) is 38.3 Å². The van der Waals surface area contributed by atoms with Crippen LogP contribution in [0.25, 0.3) is 0 Å². The minimum Gasteiger partial charge on any atom is -0.343 e. The number of fused-ring (bicyclic) bond motifs is 1. The van der Waals surface area contributed by atoms with Gasteiger partial charge in [-0.3, -0.25) is 19.2 Å². The maximum atomic E-state index is 14.0. The topological polar surface area (TPSA) is 79.0 Å². The summed E-state index contributed by atoms with van der Waals surface area (Å²) in [5.74, 6) is -0.824. The van der Waals surface area contributed by atoms with Crippen molar-refractivity contribution in [3.05, 3.63) is 106 Å². The Bertz CT molecular complexity index is 1320. The molecule has 2 aliphatic rings. The molecule has 202 valence electrons. The van der Waals surface area contributed by atoms with E-state index in [1.54, 1.807) is 25.1 Å². The number of piperidine rings is 1. The summed E-state index contributed by atoms with van der Waals surface area (Å²) in [6.07, 6.45) is 1.60. The van der Waals surface area contributed by atoms with Crippen molar-refractivity contribution in [1.82, 2.24) is 15.3 Å². The number of nitrogens with one attached hydrogen (secondary N) is 1. The van der Waals surface area contributed by atoms with Gasteiger partial charge in [0.25, 0.3) is 11.8 Å². The van der Waals surface area contributed by atoms with Crippen LogP contribution in [0.1, 0.15) is 58.8 Å². The molecule has 0 saturated carbocycles. The smallest absolute Gasteiger partial charge is 0.254 e. The summed E-state index contributed by atoms with van der Waals surface area (Å²) in [5.41, 5.74) is 5.62. The van der Waals surface area contributed by atoms with E-state index in [1.807, 2.05) is 70.5 Å². The molecule has 1 fully saturated rings. The van der Waals surface area contributed by atoms with Gasteiger partial charge in [-0.25, -0.2) is 5.48 Å². The fourth-order valence-electron chi connectivity index (χ4n) is 5.64. The SMILES string of the molecule is CC(=O)N1CCC(CN2C(=O)c3ccccc3[C@@H](C(=O)NOCc3ccccc3)[C@@H]2c2ccc(Cl)cc2)CC1. The maximum Gasteiger partial charge on any atom is 0.254 e. The fraction of sp³-hybridized carbons (Fsp3) is 0.323. The fourth-order valence-corrected chi connectivity index (χ4v) is 5.77. The summed E-state index contributed by atoms with van der Waals surface area (Å²) >= 11 is 6.21. The third-order valence-corrected chi connectivity index (χ3v) is 7.95. The molecule has 0 spiro atoms. The van der Waals surface area contributed by atoms with E-state index in [-0.39, 0.29) is 30.2 Å². The highest BCUT2D eigenvalue weighted by Crippen LogP contribution is 2.44. The minimum atomic E-state index is -0.687. The second-order valence-corrected chi connectivity index (χ2v) is 10.6. The van der Waals surface area contributed by atoms with Gasteiger partial charge in [-0.1, -0.05) is 72.3 Å². The number of carbonyl (C=O) groups excluding carboxylic acids is 3. The zero-order valence-corrected chi connectivity index (χ0v) is 22.6. The standard InChI is InChI=1S/C31H32ClN3O4/c1-21(36)34-17-15-22(16-18-34)19-35-29(24-11-13-25(32)14-12-24)28(26-9-5-6-10-27(26)31(35)38)30(37)33-39-20-23-7-3-2-4-8-23/h2-14,22,28-29H,15-20H2,1H3,(H,33,37)/t28-,29+/m1/s1. The average molecular weight is 546 g/mol. The van der Waals surface area contributed by atoms with Crippen LogP contribution in [0.3, 0.4) is 0 Å². The van der Waals surface area contributed by atoms with Gasteiger partial charge in [0, 0.05) is 37.1 Å². The van der Waals surface area contributed by atoms with Crippen LogP contribution in [0.4, 0.5) is 0 Å². The lowest BCUT2D eigenvalue weighted by Gasteiger charge is -2.44. The van der Waals surface area contributed by atoms with E-state index < -0.39 is 12.0 Å². The molecule has 3 aromatic carbocycles. The number of hydroxylamine groups is 1. The molecule has 3 aromatic rings. The predicted molar refractivity (Wildman–Crippen MR) is 149 cm³/mol. The summed E-state index contributed by atoms with van der Waals surface area (Å²) < 4.78 is 0. The molecule has 2 atom stereocenters. The van der Waals surface area contributed by atoms with Crippen molar-refractivity contribution in [2.24, 2.45) is 5.92 Å². The van der Waals surface area contributed by atoms with Gasteiger partial charge in [0.1, 0.15) is 0 Å². The number of likely N-dealkylation sites (tertiary alicyclic amines) is 1. The van der Waals surface area contributed by atoms with E-state index in [1.165, 1.54) is 0 Å². The number of carbonyl (C=O) groups is 3. The molecule has 3 amide bonds. The van der Waals surface area contributed by atoms with Gasteiger partial charge in [-0.15, -0.1) is 0 Å². The van der Waals surface area contributed by atoms with E-state index in [0.717, 1.165) is 24.0 Å². The number of hydrogen-bond acceptors (Lipinski definition) is 4. The minimum absolute atomic E-state index is 0.0719. The molecular formula is C31H32ClN3O4. The average Bonchev–Trinajstić information content (AvgIpc) is 2.95. The van der Waals surface area contributed by atoms with Crippen molar-refractivity contribution in [3.8, 4) is 0 Å². The van der Waals surface area contributed by atoms with Gasteiger partial charge in [0.2, 0.25) is 5.91 Å². The highest BCUT2D eigenvalue weighted by atomic mass is 35.5. The van der Waals surface area contributed by atoms with Crippen LogP contribution in [-0.2, 0) is 21.0 Å². The normalized spacial score (nSPS) is 19.5.